The lowest BCUT2D eigenvalue weighted by Gasteiger charge is -2.05. The third-order valence-corrected chi connectivity index (χ3v) is 3.45. The molecule has 0 atom stereocenters. The fourth-order valence-electron chi connectivity index (χ4n) is 2.29. The summed E-state index contributed by atoms with van der Waals surface area (Å²) in [6.07, 6.45) is 6.48. The zero-order valence-electron chi connectivity index (χ0n) is 13.8. The molecule has 0 aliphatic heterocycles. The van der Waals surface area contributed by atoms with Gasteiger partial charge in [0, 0.05) is 19.9 Å². The molecule has 1 heterocycles. The Morgan fingerprint density at radius 1 is 0.880 bits per heavy atom. The Labute approximate surface area is 145 Å². The predicted octanol–water partition coefficient (Wildman–Crippen LogP) is 4.18. The van der Waals surface area contributed by atoms with Crippen LogP contribution in [0.4, 0.5) is 0 Å². The molecule has 4 nitrogen and oxygen atoms in total. The first-order valence-corrected chi connectivity index (χ1v) is 7.56. The van der Waals surface area contributed by atoms with Gasteiger partial charge in [-0.25, -0.2) is 0 Å². The zero-order chi connectivity index (χ0) is 17.6. The number of fused-ring (bicyclic) bond motifs is 1. The van der Waals surface area contributed by atoms with Gasteiger partial charge in [0.2, 0.25) is 0 Å². The van der Waals surface area contributed by atoms with Crippen LogP contribution in [-0.2, 0) is 0 Å². The molecule has 0 aliphatic rings. The van der Waals surface area contributed by atoms with Crippen LogP contribution in [0.2, 0.25) is 0 Å². The summed E-state index contributed by atoms with van der Waals surface area (Å²) in [5.41, 5.74) is 1.55. The van der Waals surface area contributed by atoms with E-state index in [0.717, 1.165) is 5.56 Å². The van der Waals surface area contributed by atoms with Gasteiger partial charge in [-0.15, -0.1) is 0 Å². The van der Waals surface area contributed by atoms with E-state index in [1.165, 1.54) is 6.26 Å². The summed E-state index contributed by atoms with van der Waals surface area (Å²) in [4.78, 5) is 12.7. The van der Waals surface area contributed by atoms with Gasteiger partial charge in [-0.1, -0.05) is 24.0 Å². The van der Waals surface area contributed by atoms with E-state index < -0.39 is 0 Å². The van der Waals surface area contributed by atoms with Crippen LogP contribution < -0.4 is 14.9 Å². The van der Waals surface area contributed by atoms with Crippen LogP contribution in [0, 0.1) is 24.1 Å². The number of benzene rings is 2. The number of hydrogen-bond donors (Lipinski definition) is 0. The van der Waals surface area contributed by atoms with Crippen LogP contribution in [0.25, 0.3) is 22.1 Å². The minimum atomic E-state index is -0.114. The van der Waals surface area contributed by atoms with Crippen LogP contribution >= 0.6 is 0 Å². The van der Waals surface area contributed by atoms with Crippen LogP contribution in [0.5, 0.6) is 11.5 Å². The molecule has 0 aliphatic carbocycles. The highest BCUT2D eigenvalue weighted by molar-refractivity contribution is 5.82. The molecule has 0 N–H and O–H groups in total. The minimum absolute atomic E-state index is 0.114. The molecule has 0 amide bonds. The van der Waals surface area contributed by atoms with Gasteiger partial charge in [0.05, 0.1) is 10.9 Å². The molecule has 0 saturated carbocycles. The molecule has 3 aromatic rings. The van der Waals surface area contributed by atoms with Crippen molar-refractivity contribution in [3.63, 3.8) is 0 Å². The highest BCUT2D eigenvalue weighted by atomic mass is 16.5. The lowest BCUT2D eigenvalue weighted by Crippen LogP contribution is -2.04. The largest absolute Gasteiger partial charge is 0.463 e. The van der Waals surface area contributed by atoms with Crippen LogP contribution in [0.1, 0.15) is 13.8 Å². The van der Waals surface area contributed by atoms with Crippen molar-refractivity contribution >= 4 is 11.0 Å². The molecule has 0 bridgehead atoms. The summed E-state index contributed by atoms with van der Waals surface area (Å²) >= 11 is 0. The molecule has 4 heteroatoms. The van der Waals surface area contributed by atoms with Gasteiger partial charge in [-0.2, -0.15) is 0 Å². The van der Waals surface area contributed by atoms with E-state index in [9.17, 15) is 4.79 Å². The Bertz CT molecular complexity index is 1080. The van der Waals surface area contributed by atoms with Gasteiger partial charge < -0.3 is 13.9 Å². The Kier molecular flexibility index (Phi) is 4.74. The second-order valence-corrected chi connectivity index (χ2v) is 5.07. The van der Waals surface area contributed by atoms with Crippen LogP contribution in [-0.4, -0.2) is 0 Å². The number of hydrogen-bond acceptors (Lipinski definition) is 4. The first-order chi connectivity index (χ1) is 12.2. The third kappa shape index (κ3) is 3.49. The molecule has 0 spiro atoms. The SMILES string of the molecule is CC#COc1ccc(-c2coc3cc(OC#CC)ccc3c2=O)cc1. The second kappa shape index (κ2) is 7.29. The smallest absolute Gasteiger partial charge is 0.200 e. The molecule has 3 rings (SSSR count). The van der Waals surface area contributed by atoms with Gasteiger partial charge in [-0.05, 0) is 29.8 Å². The lowest BCUT2D eigenvalue weighted by atomic mass is 10.1. The summed E-state index contributed by atoms with van der Waals surface area (Å²) < 4.78 is 16.0. The molecule has 0 fully saturated rings. The molecule has 0 unspecified atom stereocenters. The number of rotatable bonds is 3. The molecular formula is C21H14O4. The molecule has 1 aromatic heterocycles. The molecule has 0 saturated heterocycles. The van der Waals surface area contributed by atoms with Crippen LogP contribution in [0.15, 0.2) is 57.9 Å². The van der Waals surface area contributed by atoms with Crippen molar-refractivity contribution in [3.8, 4) is 46.7 Å². The van der Waals surface area contributed by atoms with Crippen molar-refractivity contribution in [3.05, 3.63) is 59.0 Å². The van der Waals surface area contributed by atoms with Gasteiger partial charge in [0.15, 0.2) is 5.43 Å². The Morgan fingerprint density at radius 3 is 2.20 bits per heavy atom. The van der Waals surface area contributed by atoms with E-state index >= 15 is 0 Å². The summed E-state index contributed by atoms with van der Waals surface area (Å²) in [7, 11) is 0. The van der Waals surface area contributed by atoms with E-state index in [1.807, 2.05) is 0 Å². The van der Waals surface area contributed by atoms with Crippen molar-refractivity contribution in [2.45, 2.75) is 13.8 Å². The summed E-state index contributed by atoms with van der Waals surface area (Å²) in [5, 5.41) is 0.478. The van der Waals surface area contributed by atoms with Gasteiger partial charge in [0.25, 0.3) is 0 Å². The Hall–Kier alpha value is -3.63. The van der Waals surface area contributed by atoms with Crippen molar-refractivity contribution < 1.29 is 13.9 Å². The monoisotopic (exact) mass is 330 g/mol. The summed E-state index contributed by atoms with van der Waals surface area (Å²) in [6, 6.07) is 12.1. The minimum Gasteiger partial charge on any atom is -0.463 e. The van der Waals surface area contributed by atoms with Crippen molar-refractivity contribution in [1.29, 1.82) is 0 Å². The normalized spacial score (nSPS) is 9.52. The maximum absolute atomic E-state index is 12.7. The topological polar surface area (TPSA) is 48.7 Å². The predicted molar refractivity (Wildman–Crippen MR) is 96.1 cm³/mol. The quantitative estimate of drug-likeness (QED) is 0.676. The van der Waals surface area contributed by atoms with Crippen molar-refractivity contribution in [2.24, 2.45) is 0 Å². The van der Waals surface area contributed by atoms with Crippen molar-refractivity contribution in [2.75, 3.05) is 0 Å². The Morgan fingerprint density at radius 2 is 1.52 bits per heavy atom. The van der Waals surface area contributed by atoms with E-state index in [-0.39, 0.29) is 5.43 Å². The molecule has 0 radical (unpaired) electrons. The molecule has 122 valence electrons. The fraction of sp³-hybridized carbons (Fsp3) is 0.0952. The van der Waals surface area contributed by atoms with E-state index in [2.05, 4.69) is 24.1 Å². The first-order valence-electron chi connectivity index (χ1n) is 7.56. The van der Waals surface area contributed by atoms with Gasteiger partial charge in [-0.3, -0.25) is 4.79 Å². The summed E-state index contributed by atoms with van der Waals surface area (Å²) in [5.74, 6) is 6.43. The zero-order valence-corrected chi connectivity index (χ0v) is 13.8. The third-order valence-electron chi connectivity index (χ3n) is 3.45. The average molecular weight is 330 g/mol. The fourth-order valence-corrected chi connectivity index (χ4v) is 2.29. The first kappa shape index (κ1) is 16.2. The van der Waals surface area contributed by atoms with E-state index in [0.29, 0.717) is 28.0 Å². The summed E-state index contributed by atoms with van der Waals surface area (Å²) in [6.45, 7) is 3.37. The highest BCUT2D eigenvalue weighted by Crippen LogP contribution is 2.24. The second-order valence-electron chi connectivity index (χ2n) is 5.07. The standard InChI is InChI=1S/C21H14O4/c1-3-11-23-16-7-5-15(6-8-16)19-14-25-20-13-17(24-12-4-2)9-10-18(20)21(19)22/h5-10,13-14H,1-2H3. The van der Waals surface area contributed by atoms with Crippen LogP contribution in [0.3, 0.4) is 0 Å². The van der Waals surface area contributed by atoms with Gasteiger partial charge in [0.1, 0.15) is 35.6 Å². The lowest BCUT2D eigenvalue weighted by molar-refractivity contribution is 0.517. The molecule has 25 heavy (non-hydrogen) atoms. The van der Waals surface area contributed by atoms with E-state index in [1.54, 1.807) is 56.3 Å². The maximum Gasteiger partial charge on any atom is 0.200 e. The highest BCUT2D eigenvalue weighted by Gasteiger charge is 2.10. The maximum atomic E-state index is 12.7. The van der Waals surface area contributed by atoms with Crippen molar-refractivity contribution in [1.82, 2.24) is 0 Å². The Balaban J connectivity index is 1.99. The van der Waals surface area contributed by atoms with Gasteiger partial charge >= 0.3 is 0 Å². The van der Waals surface area contributed by atoms with E-state index in [4.69, 9.17) is 13.9 Å². The molecular weight excluding hydrogens is 316 g/mol. The average Bonchev–Trinajstić information content (AvgIpc) is 2.65. The molecule has 2 aromatic carbocycles. The number of ether oxygens (including phenoxy) is 2.